The largest absolute Gasteiger partial charge is 0.455 e. The van der Waals surface area contributed by atoms with Gasteiger partial charge in [-0.25, -0.2) is 4.57 Å². The normalized spacial score (nSPS) is 17.0. The van der Waals surface area contributed by atoms with Crippen molar-refractivity contribution >= 4 is 32.7 Å². The number of furan rings is 1. The summed E-state index contributed by atoms with van der Waals surface area (Å²) in [6.45, 7) is 11.8. The first-order valence-corrected chi connectivity index (χ1v) is 12.1. The number of rotatable bonds is 1. The van der Waals surface area contributed by atoms with Gasteiger partial charge in [0.1, 0.15) is 18.2 Å². The molecule has 0 atom stereocenters. The van der Waals surface area contributed by atoms with Gasteiger partial charge < -0.3 is 4.42 Å². The van der Waals surface area contributed by atoms with Gasteiger partial charge in [-0.15, -0.1) is 0 Å². The molecule has 0 unspecified atom stereocenters. The third-order valence-corrected chi connectivity index (χ3v) is 8.05. The summed E-state index contributed by atoms with van der Waals surface area (Å²) in [7, 11) is 2.14. The van der Waals surface area contributed by atoms with Crippen molar-refractivity contribution in [2.24, 2.45) is 7.05 Å². The van der Waals surface area contributed by atoms with Gasteiger partial charge in [-0.2, -0.15) is 0 Å². The van der Waals surface area contributed by atoms with Gasteiger partial charge >= 0.3 is 0 Å². The number of hydrogen-bond donors (Lipinski definition) is 0. The summed E-state index contributed by atoms with van der Waals surface area (Å²) in [5.41, 5.74) is 8.89. The van der Waals surface area contributed by atoms with Gasteiger partial charge in [0.2, 0.25) is 5.69 Å². The number of pyridine rings is 1. The van der Waals surface area contributed by atoms with Crippen LogP contribution in [-0.2, 0) is 17.9 Å². The molecular weight excluding hydrogens is 402 g/mol. The zero-order chi connectivity index (χ0) is 23.1. The molecular formula is C31H32NO+. The van der Waals surface area contributed by atoms with Gasteiger partial charge in [-0.05, 0) is 64.8 Å². The van der Waals surface area contributed by atoms with Crippen LogP contribution in [0.4, 0.5) is 0 Å². The molecule has 0 saturated carbocycles. The van der Waals surface area contributed by atoms with E-state index >= 15 is 0 Å². The van der Waals surface area contributed by atoms with E-state index in [-0.39, 0.29) is 10.8 Å². The van der Waals surface area contributed by atoms with Gasteiger partial charge in [-0.3, -0.25) is 0 Å². The van der Waals surface area contributed by atoms with E-state index in [0.29, 0.717) is 0 Å². The Balaban J connectivity index is 1.73. The van der Waals surface area contributed by atoms with Gasteiger partial charge in [-0.1, -0.05) is 64.1 Å². The summed E-state index contributed by atoms with van der Waals surface area (Å²) in [6, 6.07) is 19.9. The number of benzene rings is 3. The minimum atomic E-state index is 0.125. The van der Waals surface area contributed by atoms with Crippen LogP contribution in [0.15, 0.2) is 65.2 Å². The van der Waals surface area contributed by atoms with Crippen molar-refractivity contribution < 1.29 is 8.98 Å². The van der Waals surface area contributed by atoms with Crippen LogP contribution in [0.5, 0.6) is 0 Å². The van der Waals surface area contributed by atoms with Crippen molar-refractivity contribution in [3.63, 3.8) is 0 Å². The standard InChI is InChI=1S/C31H32NO/c1-19-11-12-22-27-25(14-13-23-28(27)31(4,5)16-15-30(23,2)3)33-29(22)26(19)24-17-20-9-7-8-10-21(20)18-32(24)6/h7-14,17-18H,15-16H2,1-6H3/q+1. The number of hydrogen-bond acceptors (Lipinski definition) is 1. The Morgan fingerprint density at radius 1 is 0.848 bits per heavy atom. The molecule has 0 radical (unpaired) electrons. The molecule has 1 aliphatic carbocycles. The lowest BCUT2D eigenvalue weighted by Crippen LogP contribution is -2.33. The van der Waals surface area contributed by atoms with Crippen molar-refractivity contribution in [3.05, 3.63) is 77.5 Å². The van der Waals surface area contributed by atoms with Gasteiger partial charge in [0, 0.05) is 22.2 Å². The molecule has 2 aromatic heterocycles. The summed E-state index contributed by atoms with van der Waals surface area (Å²) in [5.74, 6) is 0. The van der Waals surface area contributed by atoms with Crippen LogP contribution in [0.1, 0.15) is 57.2 Å². The molecule has 1 aliphatic rings. The van der Waals surface area contributed by atoms with Crippen molar-refractivity contribution in [1.82, 2.24) is 0 Å². The summed E-state index contributed by atoms with van der Waals surface area (Å²) in [5, 5.41) is 5.04. The second-order valence-electron chi connectivity index (χ2n) is 11.3. The third-order valence-electron chi connectivity index (χ3n) is 8.05. The molecule has 0 amide bonds. The van der Waals surface area contributed by atoms with Crippen LogP contribution in [0.3, 0.4) is 0 Å². The van der Waals surface area contributed by atoms with Crippen molar-refractivity contribution in [2.45, 2.75) is 58.3 Å². The molecule has 6 rings (SSSR count). The lowest BCUT2D eigenvalue weighted by molar-refractivity contribution is -0.659. The summed E-state index contributed by atoms with van der Waals surface area (Å²) >= 11 is 0. The average Bonchev–Trinajstić information content (AvgIpc) is 3.15. The Labute approximate surface area is 195 Å². The second-order valence-corrected chi connectivity index (χ2v) is 11.3. The zero-order valence-corrected chi connectivity index (χ0v) is 20.5. The molecule has 0 bridgehead atoms. The van der Waals surface area contributed by atoms with E-state index in [1.807, 2.05) is 0 Å². The maximum atomic E-state index is 6.70. The summed E-state index contributed by atoms with van der Waals surface area (Å²) in [6.07, 6.45) is 4.63. The first-order chi connectivity index (χ1) is 15.7. The number of nitrogens with zero attached hydrogens (tertiary/aromatic N) is 1. The molecule has 0 aliphatic heterocycles. The Morgan fingerprint density at radius 2 is 1.58 bits per heavy atom. The van der Waals surface area contributed by atoms with E-state index in [4.69, 9.17) is 4.42 Å². The highest BCUT2D eigenvalue weighted by Gasteiger charge is 2.39. The highest BCUT2D eigenvalue weighted by atomic mass is 16.3. The van der Waals surface area contributed by atoms with Crippen LogP contribution >= 0.6 is 0 Å². The highest BCUT2D eigenvalue weighted by Crippen LogP contribution is 2.51. The predicted octanol–water partition coefficient (Wildman–Crippen LogP) is 7.89. The molecule has 0 fully saturated rings. The molecule has 2 nitrogen and oxygen atoms in total. The highest BCUT2D eigenvalue weighted by molar-refractivity contribution is 6.12. The molecule has 33 heavy (non-hydrogen) atoms. The molecule has 0 spiro atoms. The predicted molar refractivity (Wildman–Crippen MR) is 138 cm³/mol. The van der Waals surface area contributed by atoms with Crippen molar-refractivity contribution in [3.8, 4) is 11.3 Å². The Bertz CT molecular complexity index is 1580. The maximum Gasteiger partial charge on any atom is 0.216 e. The number of fused-ring (bicyclic) bond motifs is 6. The maximum absolute atomic E-state index is 6.70. The third kappa shape index (κ3) is 2.89. The number of aromatic nitrogens is 1. The fourth-order valence-corrected chi connectivity index (χ4v) is 6.04. The van der Waals surface area contributed by atoms with Gasteiger partial charge in [0.25, 0.3) is 0 Å². The lowest BCUT2D eigenvalue weighted by Gasteiger charge is -2.42. The Hall–Kier alpha value is -3.13. The SMILES string of the molecule is Cc1ccc2c(oc3ccc4c(c32)C(C)(C)CCC4(C)C)c1-c1cc2ccccc2c[n+]1C. The molecule has 3 aromatic carbocycles. The number of aryl methyl sites for hydroxylation is 2. The van der Waals surface area contributed by atoms with Crippen LogP contribution in [0.2, 0.25) is 0 Å². The van der Waals surface area contributed by atoms with Gasteiger partial charge in [0.05, 0.1) is 5.56 Å². The van der Waals surface area contributed by atoms with E-state index < -0.39 is 0 Å². The molecule has 2 heterocycles. The van der Waals surface area contributed by atoms with Crippen LogP contribution < -0.4 is 4.57 Å². The lowest BCUT2D eigenvalue weighted by atomic mass is 9.62. The van der Waals surface area contributed by atoms with Crippen LogP contribution in [-0.4, -0.2) is 0 Å². The summed E-state index contributed by atoms with van der Waals surface area (Å²) < 4.78 is 8.94. The smallest absolute Gasteiger partial charge is 0.216 e. The minimum Gasteiger partial charge on any atom is -0.455 e. The van der Waals surface area contributed by atoms with Crippen LogP contribution in [0, 0.1) is 6.92 Å². The van der Waals surface area contributed by atoms with E-state index in [2.05, 4.69) is 107 Å². The van der Waals surface area contributed by atoms with Crippen molar-refractivity contribution in [2.75, 3.05) is 0 Å². The second kappa shape index (κ2) is 6.70. The Kier molecular flexibility index (Phi) is 4.15. The summed E-state index contributed by atoms with van der Waals surface area (Å²) in [4.78, 5) is 0. The molecule has 5 aromatic rings. The average molecular weight is 435 g/mol. The monoisotopic (exact) mass is 434 g/mol. The quantitative estimate of drug-likeness (QED) is 0.245. The molecule has 2 heteroatoms. The van der Waals surface area contributed by atoms with Crippen molar-refractivity contribution in [1.29, 1.82) is 0 Å². The topological polar surface area (TPSA) is 17.0 Å². The first kappa shape index (κ1) is 20.5. The van der Waals surface area contributed by atoms with E-state index in [0.717, 1.165) is 11.2 Å². The molecule has 166 valence electrons. The van der Waals surface area contributed by atoms with Crippen LogP contribution in [0.25, 0.3) is 44.0 Å². The first-order valence-electron chi connectivity index (χ1n) is 12.1. The van der Waals surface area contributed by atoms with E-state index in [1.165, 1.54) is 62.3 Å². The zero-order valence-electron chi connectivity index (χ0n) is 20.5. The van der Waals surface area contributed by atoms with Gasteiger partial charge in [0.15, 0.2) is 6.20 Å². The van der Waals surface area contributed by atoms with E-state index in [1.54, 1.807) is 0 Å². The minimum absolute atomic E-state index is 0.125. The fourth-order valence-electron chi connectivity index (χ4n) is 6.04. The molecule has 0 N–H and O–H groups in total. The van der Waals surface area contributed by atoms with E-state index in [9.17, 15) is 0 Å². The fraction of sp³-hybridized carbons (Fsp3) is 0.323. The Morgan fingerprint density at radius 3 is 2.36 bits per heavy atom. The molecule has 0 saturated heterocycles.